The molecule has 3 rings (SSSR count). The van der Waals surface area contributed by atoms with Crippen LogP contribution in [0.4, 0.5) is 5.69 Å². The summed E-state index contributed by atoms with van der Waals surface area (Å²) in [6, 6.07) is 13.0. The Morgan fingerprint density at radius 3 is 2.72 bits per heavy atom. The van der Waals surface area contributed by atoms with Gasteiger partial charge in [0.05, 0.1) is 25.5 Å². The second kappa shape index (κ2) is 7.40. The second-order valence-corrected chi connectivity index (χ2v) is 6.08. The summed E-state index contributed by atoms with van der Waals surface area (Å²) >= 11 is 5.89. The van der Waals surface area contributed by atoms with Gasteiger partial charge in [0.2, 0.25) is 0 Å². The third-order valence-electron chi connectivity index (χ3n) is 3.90. The molecule has 0 unspecified atom stereocenters. The van der Waals surface area contributed by atoms with Crippen LogP contribution in [0.2, 0.25) is 5.02 Å². The molecule has 5 nitrogen and oxygen atoms in total. The van der Waals surface area contributed by atoms with E-state index in [1.165, 1.54) is 0 Å². The van der Waals surface area contributed by atoms with Crippen molar-refractivity contribution in [2.24, 2.45) is 0 Å². The molecule has 0 radical (unpaired) electrons. The smallest absolute Gasteiger partial charge is 0.256 e. The van der Waals surface area contributed by atoms with Crippen molar-refractivity contribution < 1.29 is 9.53 Å². The lowest BCUT2D eigenvalue weighted by Crippen LogP contribution is -2.13. The molecule has 1 amide bonds. The molecule has 0 aliphatic rings. The van der Waals surface area contributed by atoms with Crippen LogP contribution < -0.4 is 10.1 Å². The Labute approximate surface area is 151 Å². The minimum atomic E-state index is -0.192. The average Bonchev–Trinajstić information content (AvgIpc) is 3.04. The van der Waals surface area contributed by atoms with Gasteiger partial charge in [-0.15, -0.1) is 0 Å². The van der Waals surface area contributed by atoms with Crippen molar-refractivity contribution in [3.05, 3.63) is 76.6 Å². The number of benzene rings is 2. The SMILES string of the molecule is COc1cccc(C(=O)Nc2cnn(Cc3ccc(Cl)cc3)c2)c1C. The normalized spacial score (nSPS) is 10.5. The molecule has 0 aliphatic heterocycles. The predicted molar refractivity (Wildman–Crippen MR) is 98.5 cm³/mol. The molecule has 2 aromatic carbocycles. The number of hydrogen-bond acceptors (Lipinski definition) is 3. The number of aromatic nitrogens is 2. The number of anilines is 1. The number of rotatable bonds is 5. The quantitative estimate of drug-likeness (QED) is 0.747. The number of hydrogen-bond donors (Lipinski definition) is 1. The lowest BCUT2D eigenvalue weighted by atomic mass is 10.1. The molecular weight excluding hydrogens is 338 g/mol. The highest BCUT2D eigenvalue weighted by Crippen LogP contribution is 2.22. The summed E-state index contributed by atoms with van der Waals surface area (Å²) in [7, 11) is 1.59. The minimum absolute atomic E-state index is 0.192. The van der Waals surface area contributed by atoms with E-state index in [0.717, 1.165) is 11.1 Å². The number of nitrogens with zero attached hydrogens (tertiary/aromatic N) is 2. The predicted octanol–water partition coefficient (Wildman–Crippen LogP) is 4.15. The third-order valence-corrected chi connectivity index (χ3v) is 4.15. The van der Waals surface area contributed by atoms with E-state index in [9.17, 15) is 4.79 Å². The molecule has 3 aromatic rings. The van der Waals surface area contributed by atoms with Gasteiger partial charge in [-0.25, -0.2) is 0 Å². The van der Waals surface area contributed by atoms with Crippen molar-refractivity contribution in [3.8, 4) is 5.75 Å². The molecule has 0 saturated carbocycles. The maximum absolute atomic E-state index is 12.5. The maximum atomic E-state index is 12.5. The van der Waals surface area contributed by atoms with Crippen LogP contribution in [0.5, 0.6) is 5.75 Å². The first kappa shape index (κ1) is 17.0. The number of halogens is 1. The van der Waals surface area contributed by atoms with E-state index in [0.29, 0.717) is 28.6 Å². The van der Waals surface area contributed by atoms with Crippen molar-refractivity contribution in [1.82, 2.24) is 9.78 Å². The Morgan fingerprint density at radius 2 is 2.00 bits per heavy atom. The molecular formula is C19H18ClN3O2. The van der Waals surface area contributed by atoms with Gasteiger partial charge in [0, 0.05) is 22.3 Å². The van der Waals surface area contributed by atoms with Gasteiger partial charge in [-0.05, 0) is 36.8 Å². The van der Waals surface area contributed by atoms with E-state index in [2.05, 4.69) is 10.4 Å². The lowest BCUT2D eigenvalue weighted by molar-refractivity contribution is 0.102. The van der Waals surface area contributed by atoms with Gasteiger partial charge >= 0.3 is 0 Å². The van der Waals surface area contributed by atoms with Gasteiger partial charge in [-0.3, -0.25) is 9.48 Å². The largest absolute Gasteiger partial charge is 0.496 e. The highest BCUT2D eigenvalue weighted by molar-refractivity contribution is 6.30. The van der Waals surface area contributed by atoms with E-state index in [1.54, 1.807) is 36.3 Å². The standard InChI is InChI=1S/C19H18ClN3O2/c1-13-17(4-3-5-18(13)25-2)19(24)22-16-10-21-23(12-16)11-14-6-8-15(20)9-7-14/h3-10,12H,11H2,1-2H3,(H,22,24). The second-order valence-electron chi connectivity index (χ2n) is 5.64. The van der Waals surface area contributed by atoms with Crippen LogP contribution in [0.15, 0.2) is 54.9 Å². The monoisotopic (exact) mass is 355 g/mol. The van der Waals surface area contributed by atoms with Crippen LogP contribution in [0.3, 0.4) is 0 Å². The fourth-order valence-corrected chi connectivity index (χ4v) is 2.70. The molecule has 1 aromatic heterocycles. The van der Waals surface area contributed by atoms with Crippen molar-refractivity contribution >= 4 is 23.2 Å². The van der Waals surface area contributed by atoms with Gasteiger partial charge < -0.3 is 10.1 Å². The van der Waals surface area contributed by atoms with Crippen molar-refractivity contribution in [1.29, 1.82) is 0 Å². The molecule has 1 N–H and O–H groups in total. The molecule has 0 atom stereocenters. The summed E-state index contributed by atoms with van der Waals surface area (Å²) in [4.78, 5) is 12.5. The zero-order chi connectivity index (χ0) is 17.8. The molecule has 0 spiro atoms. The fraction of sp³-hybridized carbons (Fsp3) is 0.158. The van der Waals surface area contributed by atoms with Crippen LogP contribution in [-0.4, -0.2) is 22.8 Å². The van der Waals surface area contributed by atoms with E-state index < -0.39 is 0 Å². The Kier molecular flexibility index (Phi) is 5.05. The van der Waals surface area contributed by atoms with Gasteiger partial charge in [0.15, 0.2) is 0 Å². The first-order chi connectivity index (χ1) is 12.1. The van der Waals surface area contributed by atoms with E-state index in [-0.39, 0.29) is 5.91 Å². The Balaban J connectivity index is 1.71. The van der Waals surface area contributed by atoms with Gasteiger partial charge in [0.25, 0.3) is 5.91 Å². The third kappa shape index (κ3) is 4.00. The summed E-state index contributed by atoms with van der Waals surface area (Å²) in [6.45, 7) is 2.46. The van der Waals surface area contributed by atoms with Crippen LogP contribution in [-0.2, 0) is 6.54 Å². The average molecular weight is 356 g/mol. The number of carbonyl (C=O) groups excluding carboxylic acids is 1. The highest BCUT2D eigenvalue weighted by atomic mass is 35.5. The molecule has 0 bridgehead atoms. The Hall–Kier alpha value is -2.79. The van der Waals surface area contributed by atoms with Gasteiger partial charge in [-0.2, -0.15) is 5.10 Å². The van der Waals surface area contributed by atoms with Crippen LogP contribution >= 0.6 is 11.6 Å². The van der Waals surface area contributed by atoms with E-state index in [4.69, 9.17) is 16.3 Å². The van der Waals surface area contributed by atoms with E-state index in [1.807, 2.05) is 37.3 Å². The summed E-state index contributed by atoms with van der Waals surface area (Å²) in [5, 5.41) is 7.85. The number of nitrogens with one attached hydrogen (secondary N) is 1. The Morgan fingerprint density at radius 1 is 1.24 bits per heavy atom. The van der Waals surface area contributed by atoms with Gasteiger partial charge in [0.1, 0.15) is 5.75 Å². The summed E-state index contributed by atoms with van der Waals surface area (Å²) in [6.07, 6.45) is 3.42. The molecule has 6 heteroatoms. The van der Waals surface area contributed by atoms with Crippen LogP contribution in [0, 0.1) is 6.92 Å². The molecule has 1 heterocycles. The topological polar surface area (TPSA) is 56.1 Å². The maximum Gasteiger partial charge on any atom is 0.256 e. The van der Waals surface area contributed by atoms with Gasteiger partial charge in [-0.1, -0.05) is 29.8 Å². The first-order valence-electron chi connectivity index (χ1n) is 7.78. The number of carbonyl (C=O) groups is 1. The summed E-state index contributed by atoms with van der Waals surface area (Å²) in [5.41, 5.74) is 3.09. The highest BCUT2D eigenvalue weighted by Gasteiger charge is 2.13. The molecule has 0 fully saturated rings. The zero-order valence-corrected chi connectivity index (χ0v) is 14.7. The number of ether oxygens (including phenoxy) is 1. The van der Waals surface area contributed by atoms with Crippen molar-refractivity contribution in [3.63, 3.8) is 0 Å². The summed E-state index contributed by atoms with van der Waals surface area (Å²) in [5.74, 6) is 0.494. The lowest BCUT2D eigenvalue weighted by Gasteiger charge is -2.09. The fourth-order valence-electron chi connectivity index (χ4n) is 2.57. The number of methoxy groups -OCH3 is 1. The molecule has 128 valence electrons. The van der Waals surface area contributed by atoms with Crippen LogP contribution in [0.25, 0.3) is 0 Å². The zero-order valence-electron chi connectivity index (χ0n) is 14.0. The minimum Gasteiger partial charge on any atom is -0.496 e. The Bertz CT molecular complexity index is 888. The molecule has 0 aliphatic carbocycles. The molecule has 0 saturated heterocycles. The molecule has 25 heavy (non-hydrogen) atoms. The number of amides is 1. The summed E-state index contributed by atoms with van der Waals surface area (Å²) < 4.78 is 7.02. The first-order valence-corrected chi connectivity index (χ1v) is 8.16. The van der Waals surface area contributed by atoms with Crippen LogP contribution in [0.1, 0.15) is 21.5 Å². The van der Waals surface area contributed by atoms with Crippen molar-refractivity contribution in [2.75, 3.05) is 12.4 Å². The van der Waals surface area contributed by atoms with E-state index >= 15 is 0 Å². The van der Waals surface area contributed by atoms with Crippen molar-refractivity contribution in [2.45, 2.75) is 13.5 Å².